The molecule has 2 aromatic heterocycles. The average Bonchev–Trinajstić information content (AvgIpc) is 3.26. The molecule has 0 amide bonds. The first-order valence-electron chi connectivity index (χ1n) is 11.3. The number of esters is 1. The number of carbonyl (C=O) groups excluding carboxylic acids is 1. The van der Waals surface area contributed by atoms with Crippen LogP contribution in [0.5, 0.6) is 5.75 Å². The van der Waals surface area contributed by atoms with Gasteiger partial charge in [-0.25, -0.2) is 4.98 Å². The van der Waals surface area contributed by atoms with Crippen molar-refractivity contribution in [1.29, 1.82) is 0 Å². The maximum atomic E-state index is 12.1. The van der Waals surface area contributed by atoms with Gasteiger partial charge in [-0.2, -0.15) is 4.98 Å². The van der Waals surface area contributed by atoms with Gasteiger partial charge in [0.1, 0.15) is 16.4 Å². The number of rotatable bonds is 8. The SMILES string of the molecule is CCOC(=O)C1CCN(c2nc(NCc3ccc(OC)c(Cl)c3)c3cc(CC)sc3n2)CC1. The number of piperidine rings is 1. The predicted octanol–water partition coefficient (Wildman–Crippen LogP) is 5.31. The Morgan fingerprint density at radius 2 is 2.03 bits per heavy atom. The molecule has 3 heterocycles. The third-order valence-electron chi connectivity index (χ3n) is 5.85. The zero-order valence-electron chi connectivity index (χ0n) is 19.2. The van der Waals surface area contributed by atoms with Gasteiger partial charge in [0.15, 0.2) is 0 Å². The number of carbonyl (C=O) groups is 1. The van der Waals surface area contributed by atoms with Crippen molar-refractivity contribution < 1.29 is 14.3 Å². The van der Waals surface area contributed by atoms with Crippen LogP contribution in [0.3, 0.4) is 0 Å². The van der Waals surface area contributed by atoms with E-state index in [-0.39, 0.29) is 11.9 Å². The van der Waals surface area contributed by atoms with Crippen LogP contribution < -0.4 is 15.0 Å². The average molecular weight is 489 g/mol. The van der Waals surface area contributed by atoms with E-state index in [0.29, 0.717) is 29.9 Å². The fourth-order valence-corrected chi connectivity index (χ4v) is 5.23. The molecule has 0 atom stereocenters. The number of halogens is 1. The number of benzene rings is 1. The Labute approximate surface area is 203 Å². The topological polar surface area (TPSA) is 76.6 Å². The molecule has 0 bridgehead atoms. The van der Waals surface area contributed by atoms with Crippen LogP contribution in [0.25, 0.3) is 10.2 Å². The Bertz CT molecular complexity index is 1130. The summed E-state index contributed by atoms with van der Waals surface area (Å²) in [5, 5.41) is 5.10. The quantitative estimate of drug-likeness (QED) is 0.430. The lowest BCUT2D eigenvalue weighted by Crippen LogP contribution is -2.38. The van der Waals surface area contributed by atoms with E-state index in [2.05, 4.69) is 23.2 Å². The molecule has 1 fully saturated rings. The molecule has 9 heteroatoms. The second kappa shape index (κ2) is 10.6. The van der Waals surface area contributed by atoms with E-state index in [0.717, 1.165) is 53.9 Å². The molecule has 1 aromatic carbocycles. The monoisotopic (exact) mass is 488 g/mol. The highest BCUT2D eigenvalue weighted by Crippen LogP contribution is 2.33. The molecule has 1 N–H and O–H groups in total. The highest BCUT2D eigenvalue weighted by atomic mass is 35.5. The predicted molar refractivity (Wildman–Crippen MR) is 134 cm³/mol. The molecule has 0 unspecified atom stereocenters. The van der Waals surface area contributed by atoms with Crippen molar-refractivity contribution in [3.05, 3.63) is 39.7 Å². The number of hydrogen-bond donors (Lipinski definition) is 1. The number of thiophene rings is 1. The molecule has 33 heavy (non-hydrogen) atoms. The van der Waals surface area contributed by atoms with Gasteiger partial charge in [-0.05, 0) is 49.9 Å². The molecule has 0 spiro atoms. The Hall–Kier alpha value is -2.58. The maximum absolute atomic E-state index is 12.1. The fourth-order valence-electron chi connectivity index (χ4n) is 3.99. The summed E-state index contributed by atoms with van der Waals surface area (Å²) in [7, 11) is 1.61. The van der Waals surface area contributed by atoms with Crippen molar-refractivity contribution in [2.24, 2.45) is 5.92 Å². The lowest BCUT2D eigenvalue weighted by atomic mass is 9.97. The molecule has 0 radical (unpaired) electrons. The third kappa shape index (κ3) is 5.33. The first kappa shape index (κ1) is 23.6. The van der Waals surface area contributed by atoms with Crippen molar-refractivity contribution in [2.45, 2.75) is 39.7 Å². The Morgan fingerprint density at radius 3 is 2.70 bits per heavy atom. The number of hydrogen-bond acceptors (Lipinski definition) is 8. The lowest BCUT2D eigenvalue weighted by Gasteiger charge is -2.31. The van der Waals surface area contributed by atoms with Gasteiger partial charge in [-0.3, -0.25) is 4.79 Å². The number of nitrogens with zero attached hydrogens (tertiary/aromatic N) is 3. The van der Waals surface area contributed by atoms with E-state index < -0.39 is 0 Å². The minimum Gasteiger partial charge on any atom is -0.495 e. The van der Waals surface area contributed by atoms with Crippen molar-refractivity contribution >= 4 is 50.9 Å². The Kier molecular flexibility index (Phi) is 7.55. The van der Waals surface area contributed by atoms with Crippen molar-refractivity contribution in [1.82, 2.24) is 9.97 Å². The first-order chi connectivity index (χ1) is 16.0. The molecule has 7 nitrogen and oxygen atoms in total. The maximum Gasteiger partial charge on any atom is 0.309 e. The molecule has 3 aromatic rings. The molecule has 0 aliphatic carbocycles. The largest absolute Gasteiger partial charge is 0.495 e. The highest BCUT2D eigenvalue weighted by Gasteiger charge is 2.27. The Balaban J connectivity index is 1.55. The second-order valence-corrected chi connectivity index (χ2v) is 9.52. The van der Waals surface area contributed by atoms with Gasteiger partial charge in [0.05, 0.1) is 30.0 Å². The van der Waals surface area contributed by atoms with Crippen molar-refractivity contribution in [3.63, 3.8) is 0 Å². The van der Waals surface area contributed by atoms with E-state index in [4.69, 9.17) is 31.0 Å². The van der Waals surface area contributed by atoms with E-state index in [1.54, 1.807) is 18.4 Å². The molecular formula is C24H29ClN4O3S. The van der Waals surface area contributed by atoms with Crippen molar-refractivity contribution in [3.8, 4) is 5.75 Å². The summed E-state index contributed by atoms with van der Waals surface area (Å²) >= 11 is 7.99. The fraction of sp³-hybridized carbons (Fsp3) is 0.458. The summed E-state index contributed by atoms with van der Waals surface area (Å²) in [6, 6.07) is 7.92. The smallest absolute Gasteiger partial charge is 0.309 e. The van der Waals surface area contributed by atoms with Crippen LogP contribution in [0.2, 0.25) is 5.02 Å². The Morgan fingerprint density at radius 1 is 1.24 bits per heavy atom. The number of anilines is 2. The van der Waals surface area contributed by atoms with Crippen LogP contribution in [-0.4, -0.2) is 42.7 Å². The molecule has 1 aliphatic rings. The van der Waals surface area contributed by atoms with E-state index in [9.17, 15) is 4.79 Å². The van der Waals surface area contributed by atoms with Gasteiger partial charge >= 0.3 is 5.97 Å². The minimum absolute atomic E-state index is 0.0456. The zero-order chi connectivity index (χ0) is 23.4. The number of aromatic nitrogens is 2. The van der Waals surface area contributed by atoms with E-state index in [1.807, 2.05) is 25.1 Å². The van der Waals surface area contributed by atoms with Gasteiger partial charge < -0.3 is 19.7 Å². The molecule has 4 rings (SSSR count). The van der Waals surface area contributed by atoms with E-state index >= 15 is 0 Å². The summed E-state index contributed by atoms with van der Waals surface area (Å²) < 4.78 is 10.4. The number of ether oxygens (including phenoxy) is 2. The van der Waals surface area contributed by atoms with Gasteiger partial charge in [-0.15, -0.1) is 11.3 Å². The number of nitrogens with one attached hydrogen (secondary N) is 1. The number of aryl methyl sites for hydroxylation is 1. The van der Waals surface area contributed by atoms with Gasteiger partial charge in [-0.1, -0.05) is 24.6 Å². The number of methoxy groups -OCH3 is 1. The van der Waals surface area contributed by atoms with E-state index in [1.165, 1.54) is 4.88 Å². The summed E-state index contributed by atoms with van der Waals surface area (Å²) in [6.07, 6.45) is 2.45. The zero-order valence-corrected chi connectivity index (χ0v) is 20.8. The lowest BCUT2D eigenvalue weighted by molar-refractivity contribution is -0.148. The molecule has 0 saturated carbocycles. The van der Waals surface area contributed by atoms with Gasteiger partial charge in [0.2, 0.25) is 5.95 Å². The molecule has 1 aliphatic heterocycles. The normalized spacial score (nSPS) is 14.5. The van der Waals surface area contributed by atoms with Crippen LogP contribution in [0.1, 0.15) is 37.1 Å². The number of fused-ring (bicyclic) bond motifs is 1. The highest BCUT2D eigenvalue weighted by molar-refractivity contribution is 7.18. The van der Waals surface area contributed by atoms with Crippen LogP contribution in [0, 0.1) is 5.92 Å². The molecular weight excluding hydrogens is 460 g/mol. The second-order valence-electron chi connectivity index (χ2n) is 7.99. The third-order valence-corrected chi connectivity index (χ3v) is 7.32. The summed E-state index contributed by atoms with van der Waals surface area (Å²) in [6.45, 7) is 6.45. The standard InChI is InChI=1S/C24H29ClN4O3S/c1-4-17-13-18-21(26-14-15-6-7-20(31-3)19(25)12-15)27-24(28-22(18)33-17)29-10-8-16(9-11-29)23(30)32-5-2/h6-7,12-13,16H,4-5,8-11,14H2,1-3H3,(H,26,27,28). The summed E-state index contributed by atoms with van der Waals surface area (Å²) in [4.78, 5) is 26.3. The summed E-state index contributed by atoms with van der Waals surface area (Å²) in [5.74, 6) is 2.02. The minimum atomic E-state index is -0.0973. The van der Waals surface area contributed by atoms with Crippen LogP contribution in [0.4, 0.5) is 11.8 Å². The molecule has 176 valence electrons. The van der Waals surface area contributed by atoms with Crippen molar-refractivity contribution in [2.75, 3.05) is 37.0 Å². The van der Waals surface area contributed by atoms with Gasteiger partial charge in [0, 0.05) is 24.5 Å². The van der Waals surface area contributed by atoms with Crippen LogP contribution >= 0.6 is 22.9 Å². The summed E-state index contributed by atoms with van der Waals surface area (Å²) in [5.41, 5.74) is 1.04. The van der Waals surface area contributed by atoms with Gasteiger partial charge in [0.25, 0.3) is 0 Å². The first-order valence-corrected chi connectivity index (χ1v) is 12.5. The van der Waals surface area contributed by atoms with Crippen LogP contribution in [0.15, 0.2) is 24.3 Å². The van der Waals surface area contributed by atoms with Crippen LogP contribution in [-0.2, 0) is 22.5 Å². The molecule has 1 saturated heterocycles.